The molecule has 0 spiro atoms. The molecule has 0 rings (SSSR count). The van der Waals surface area contributed by atoms with Crippen LogP contribution >= 0.6 is 7.82 Å². The van der Waals surface area contributed by atoms with Crippen LogP contribution in [0.4, 0.5) is 0 Å². The van der Waals surface area contributed by atoms with Crippen LogP contribution in [0, 0.1) is 0 Å². The number of carbonyl (C=O) groups excluding carboxylic acids is 2. The number of allylic oxidation sites excluding steroid dienone is 1. The van der Waals surface area contributed by atoms with Gasteiger partial charge in [0.2, 0.25) is 0 Å². The summed E-state index contributed by atoms with van der Waals surface area (Å²) in [4.78, 5) is 42.6. The largest absolute Gasteiger partial charge is 0.469 e. The van der Waals surface area contributed by atoms with Crippen LogP contribution in [0.1, 0.15) is 168 Å². The van der Waals surface area contributed by atoms with Crippen LogP contribution in [-0.4, -0.2) is 63.5 Å². The van der Waals surface area contributed by atoms with Gasteiger partial charge in [0, 0.05) is 12.8 Å². The summed E-state index contributed by atoms with van der Waals surface area (Å²) in [6.45, 7) is 3.47. The third kappa shape index (κ3) is 31.3. The van der Waals surface area contributed by atoms with E-state index < -0.39 is 44.7 Å². The van der Waals surface area contributed by atoms with Crippen LogP contribution in [0.5, 0.6) is 0 Å². The first-order chi connectivity index (χ1) is 22.1. The molecule has 0 aliphatic rings. The predicted octanol–water partition coefficient (Wildman–Crippen LogP) is 8.23. The van der Waals surface area contributed by atoms with Crippen molar-refractivity contribution in [3.63, 3.8) is 0 Å². The number of phosphoric ester groups is 1. The van der Waals surface area contributed by atoms with Crippen LogP contribution in [0.25, 0.3) is 0 Å². The molecule has 11 heteroatoms. The summed E-state index contributed by atoms with van der Waals surface area (Å²) in [5, 5.41) is 20.3. The topological polar surface area (TPSA) is 160 Å². The van der Waals surface area contributed by atoms with Gasteiger partial charge in [0.25, 0.3) is 0 Å². The maximum absolute atomic E-state index is 12.3. The Labute approximate surface area is 279 Å². The van der Waals surface area contributed by atoms with Gasteiger partial charge in [-0.3, -0.25) is 14.1 Å². The SMILES string of the molecule is CCCCC/C=C\C[C@@H](O)[C@H](O)CCCCCCCC(=O)OC[C@H](COP(=O)(O)O)OC(=O)CCCCCCCCCCCCC. The Morgan fingerprint density at radius 2 is 1.13 bits per heavy atom. The number of ether oxygens (including phenoxy) is 2. The van der Waals surface area contributed by atoms with Crippen molar-refractivity contribution < 1.29 is 48.2 Å². The summed E-state index contributed by atoms with van der Waals surface area (Å²) in [6, 6.07) is 0. The van der Waals surface area contributed by atoms with Crippen molar-refractivity contribution in [3.05, 3.63) is 12.2 Å². The van der Waals surface area contributed by atoms with E-state index in [4.69, 9.17) is 19.3 Å². The second kappa shape index (κ2) is 31.0. The van der Waals surface area contributed by atoms with E-state index in [1.54, 1.807) is 0 Å². The highest BCUT2D eigenvalue weighted by molar-refractivity contribution is 7.46. The minimum atomic E-state index is -4.78. The summed E-state index contributed by atoms with van der Waals surface area (Å²) in [5.74, 6) is -0.994. The van der Waals surface area contributed by atoms with E-state index in [9.17, 15) is 24.4 Å². The minimum absolute atomic E-state index is 0.171. The van der Waals surface area contributed by atoms with Crippen molar-refractivity contribution in [2.24, 2.45) is 0 Å². The van der Waals surface area contributed by atoms with Crippen molar-refractivity contribution in [1.82, 2.24) is 0 Å². The van der Waals surface area contributed by atoms with Crippen LogP contribution < -0.4 is 0 Å². The van der Waals surface area contributed by atoms with Crippen molar-refractivity contribution in [1.29, 1.82) is 0 Å². The van der Waals surface area contributed by atoms with Crippen LogP contribution in [-0.2, 0) is 28.2 Å². The maximum Gasteiger partial charge on any atom is 0.469 e. The fourth-order valence-corrected chi connectivity index (χ4v) is 5.46. The molecule has 0 aliphatic heterocycles. The van der Waals surface area contributed by atoms with E-state index in [1.807, 2.05) is 6.08 Å². The lowest BCUT2D eigenvalue weighted by Gasteiger charge is -2.18. The van der Waals surface area contributed by atoms with Gasteiger partial charge in [-0.25, -0.2) is 4.57 Å². The first kappa shape index (κ1) is 44.7. The molecule has 0 fully saturated rings. The van der Waals surface area contributed by atoms with Gasteiger partial charge in [0.05, 0.1) is 18.8 Å². The number of aliphatic hydroxyl groups is 2. The number of unbranched alkanes of at least 4 members (excludes halogenated alkanes) is 17. The Kier molecular flexibility index (Phi) is 30.1. The number of esters is 2. The summed E-state index contributed by atoms with van der Waals surface area (Å²) < 4.78 is 26.2. The number of carbonyl (C=O) groups is 2. The molecule has 0 aromatic carbocycles. The highest BCUT2D eigenvalue weighted by Crippen LogP contribution is 2.36. The summed E-state index contributed by atoms with van der Waals surface area (Å²) in [5.41, 5.74) is 0. The zero-order valence-electron chi connectivity index (χ0n) is 29.0. The van der Waals surface area contributed by atoms with E-state index >= 15 is 0 Å². The molecule has 10 nitrogen and oxygen atoms in total. The molecule has 0 amide bonds. The third-order valence-corrected chi connectivity index (χ3v) is 8.47. The van der Waals surface area contributed by atoms with Crippen LogP contribution in [0.15, 0.2) is 12.2 Å². The lowest BCUT2D eigenvalue weighted by Crippen LogP contribution is -2.29. The van der Waals surface area contributed by atoms with Gasteiger partial charge in [-0.1, -0.05) is 129 Å². The van der Waals surface area contributed by atoms with E-state index in [0.717, 1.165) is 57.8 Å². The number of hydrogen-bond donors (Lipinski definition) is 4. The molecule has 0 aliphatic carbocycles. The Hall–Kier alpha value is -1.29. The van der Waals surface area contributed by atoms with Crippen LogP contribution in [0.3, 0.4) is 0 Å². The first-order valence-corrected chi connectivity index (χ1v) is 19.7. The predicted molar refractivity (Wildman–Crippen MR) is 182 cm³/mol. The number of aliphatic hydroxyl groups excluding tert-OH is 2. The fourth-order valence-electron chi connectivity index (χ4n) is 5.10. The molecule has 0 unspecified atom stereocenters. The molecule has 0 saturated carbocycles. The molecule has 0 heterocycles. The Morgan fingerprint density at radius 3 is 1.70 bits per heavy atom. The van der Waals surface area contributed by atoms with E-state index in [1.165, 1.54) is 57.8 Å². The average Bonchev–Trinajstić information content (AvgIpc) is 3.01. The second-order valence-electron chi connectivity index (χ2n) is 12.5. The number of rotatable bonds is 33. The van der Waals surface area contributed by atoms with Crippen molar-refractivity contribution in [3.8, 4) is 0 Å². The van der Waals surface area contributed by atoms with Crippen molar-refractivity contribution in [2.45, 2.75) is 186 Å². The Balaban J connectivity index is 4.10. The minimum Gasteiger partial charge on any atom is -0.462 e. The van der Waals surface area contributed by atoms with Gasteiger partial charge in [0.15, 0.2) is 6.10 Å². The lowest BCUT2D eigenvalue weighted by atomic mass is 10.0. The zero-order valence-corrected chi connectivity index (χ0v) is 29.9. The van der Waals surface area contributed by atoms with E-state index in [-0.39, 0.29) is 19.4 Å². The van der Waals surface area contributed by atoms with Gasteiger partial charge in [0.1, 0.15) is 6.61 Å². The number of hydrogen-bond acceptors (Lipinski definition) is 8. The molecule has 0 radical (unpaired) electrons. The van der Waals surface area contributed by atoms with Gasteiger partial charge in [-0.05, 0) is 38.5 Å². The molecule has 0 aromatic heterocycles. The van der Waals surface area contributed by atoms with Crippen molar-refractivity contribution in [2.75, 3.05) is 13.2 Å². The fraction of sp³-hybridized carbons (Fsp3) is 0.886. The quantitative estimate of drug-likeness (QED) is 0.0230. The number of phosphoric acid groups is 1. The standard InChI is InChI=1S/C35H67O10P/c1-3-5-7-9-11-12-13-14-15-19-24-28-35(39)45-31(30-44-46(40,41)42)29-43-34(38)27-23-20-16-18-22-26-33(37)32(36)25-21-17-10-8-6-4-2/h17,21,31-33,36-37H,3-16,18-20,22-30H2,1-2H3,(H2,40,41,42)/b21-17-/t31-,32-,33-/m1/s1. The van der Waals surface area contributed by atoms with E-state index in [2.05, 4.69) is 24.4 Å². The molecule has 46 heavy (non-hydrogen) atoms. The van der Waals surface area contributed by atoms with E-state index in [0.29, 0.717) is 25.7 Å². The molecular formula is C35H67O10P. The molecule has 3 atom stereocenters. The van der Waals surface area contributed by atoms with Gasteiger partial charge in [-0.15, -0.1) is 0 Å². The van der Waals surface area contributed by atoms with Gasteiger partial charge >= 0.3 is 19.8 Å². The zero-order chi connectivity index (χ0) is 34.3. The smallest absolute Gasteiger partial charge is 0.462 e. The monoisotopic (exact) mass is 678 g/mol. The first-order valence-electron chi connectivity index (χ1n) is 18.1. The third-order valence-electron chi connectivity index (χ3n) is 7.98. The highest BCUT2D eigenvalue weighted by atomic mass is 31.2. The lowest BCUT2D eigenvalue weighted by molar-refractivity contribution is -0.161. The second-order valence-corrected chi connectivity index (χ2v) is 13.8. The summed E-state index contributed by atoms with van der Waals surface area (Å²) in [7, 11) is -4.78. The maximum atomic E-state index is 12.3. The molecule has 4 N–H and O–H groups in total. The highest BCUT2D eigenvalue weighted by Gasteiger charge is 2.23. The molecule has 0 saturated heterocycles. The molecule has 272 valence electrons. The summed E-state index contributed by atoms with van der Waals surface area (Å²) >= 11 is 0. The Bertz CT molecular complexity index is 800. The van der Waals surface area contributed by atoms with Gasteiger partial charge < -0.3 is 29.5 Å². The molecular weight excluding hydrogens is 611 g/mol. The average molecular weight is 679 g/mol. The normalized spacial score (nSPS) is 14.0. The van der Waals surface area contributed by atoms with Crippen LogP contribution in [0.2, 0.25) is 0 Å². The Morgan fingerprint density at radius 1 is 0.630 bits per heavy atom. The van der Waals surface area contributed by atoms with Gasteiger partial charge in [-0.2, -0.15) is 0 Å². The molecule has 0 bridgehead atoms. The molecule has 0 aromatic rings. The summed E-state index contributed by atoms with van der Waals surface area (Å²) in [6.07, 6.45) is 23.9. The van der Waals surface area contributed by atoms with Crippen molar-refractivity contribution >= 4 is 19.8 Å².